The SMILES string of the molecule is COc1cc(C)cc2c(C(N)C(=O)O)c[nH]c12. The number of hydrogen-bond acceptors (Lipinski definition) is 3. The Labute approximate surface area is 98.2 Å². The van der Waals surface area contributed by atoms with Crippen molar-refractivity contribution >= 4 is 16.9 Å². The number of carbonyl (C=O) groups is 1. The third-order valence-electron chi connectivity index (χ3n) is 2.75. The van der Waals surface area contributed by atoms with E-state index in [2.05, 4.69) is 4.98 Å². The number of aromatic nitrogens is 1. The van der Waals surface area contributed by atoms with Gasteiger partial charge in [0.25, 0.3) is 0 Å². The summed E-state index contributed by atoms with van der Waals surface area (Å²) in [5, 5.41) is 9.73. The highest BCUT2D eigenvalue weighted by Crippen LogP contribution is 2.31. The first kappa shape index (κ1) is 11.5. The summed E-state index contributed by atoms with van der Waals surface area (Å²) in [6.45, 7) is 1.92. The predicted octanol–water partition coefficient (Wildman–Crippen LogP) is 1.57. The van der Waals surface area contributed by atoms with E-state index in [0.29, 0.717) is 11.3 Å². The monoisotopic (exact) mass is 234 g/mol. The number of carboxylic acid groups (broad SMARTS) is 1. The Bertz CT molecular complexity index is 574. The van der Waals surface area contributed by atoms with Crippen LogP contribution in [0.5, 0.6) is 5.75 Å². The maximum absolute atomic E-state index is 10.9. The Morgan fingerprint density at radius 2 is 2.24 bits per heavy atom. The number of nitrogens with one attached hydrogen (secondary N) is 1. The summed E-state index contributed by atoms with van der Waals surface area (Å²) >= 11 is 0. The summed E-state index contributed by atoms with van der Waals surface area (Å²) in [6, 6.07) is 2.75. The minimum absolute atomic E-state index is 0.564. The Morgan fingerprint density at radius 1 is 1.53 bits per heavy atom. The number of nitrogens with two attached hydrogens (primary N) is 1. The quantitative estimate of drug-likeness (QED) is 0.752. The van der Waals surface area contributed by atoms with Crippen molar-refractivity contribution in [1.82, 2.24) is 4.98 Å². The lowest BCUT2D eigenvalue weighted by Crippen LogP contribution is -2.20. The Morgan fingerprint density at radius 3 is 2.82 bits per heavy atom. The first-order chi connectivity index (χ1) is 8.04. The molecule has 1 heterocycles. The Hall–Kier alpha value is -2.01. The molecular formula is C12H14N2O3. The molecule has 0 fully saturated rings. The van der Waals surface area contributed by atoms with E-state index in [1.807, 2.05) is 19.1 Å². The van der Waals surface area contributed by atoms with Gasteiger partial charge in [-0.05, 0) is 24.6 Å². The molecule has 5 nitrogen and oxygen atoms in total. The largest absolute Gasteiger partial charge is 0.495 e. The highest BCUT2D eigenvalue weighted by atomic mass is 16.5. The molecule has 1 aromatic heterocycles. The van der Waals surface area contributed by atoms with Crippen LogP contribution in [0, 0.1) is 6.92 Å². The Balaban J connectivity index is 2.68. The fourth-order valence-corrected chi connectivity index (χ4v) is 1.91. The molecular weight excluding hydrogens is 220 g/mol. The molecule has 1 atom stereocenters. The van der Waals surface area contributed by atoms with Crippen LogP contribution < -0.4 is 10.5 Å². The number of methoxy groups -OCH3 is 1. The molecule has 2 rings (SSSR count). The van der Waals surface area contributed by atoms with Gasteiger partial charge in [0.15, 0.2) is 0 Å². The zero-order valence-corrected chi connectivity index (χ0v) is 9.65. The van der Waals surface area contributed by atoms with Crippen LogP contribution in [0.3, 0.4) is 0 Å². The standard InChI is InChI=1S/C12H14N2O3/c1-6-3-7-8(10(13)12(15)16)5-14-11(7)9(4-6)17-2/h3-5,10,14H,13H2,1-2H3,(H,15,16). The second kappa shape index (κ2) is 4.10. The maximum atomic E-state index is 10.9. The molecule has 1 aromatic carbocycles. The Kier molecular flexibility index (Phi) is 2.77. The molecule has 0 radical (unpaired) electrons. The zero-order chi connectivity index (χ0) is 12.6. The number of aryl methyl sites for hydroxylation is 1. The average Bonchev–Trinajstić information content (AvgIpc) is 2.70. The van der Waals surface area contributed by atoms with Gasteiger partial charge in [-0.3, -0.25) is 4.79 Å². The van der Waals surface area contributed by atoms with Crippen molar-refractivity contribution in [3.63, 3.8) is 0 Å². The molecule has 2 aromatic rings. The fraction of sp³-hybridized carbons (Fsp3) is 0.250. The van der Waals surface area contributed by atoms with Gasteiger partial charge < -0.3 is 20.6 Å². The summed E-state index contributed by atoms with van der Waals surface area (Å²) in [5.74, 6) is -0.366. The lowest BCUT2D eigenvalue weighted by atomic mass is 10.0. The number of fused-ring (bicyclic) bond motifs is 1. The predicted molar refractivity (Wildman–Crippen MR) is 64.2 cm³/mol. The molecule has 0 aliphatic carbocycles. The minimum Gasteiger partial charge on any atom is -0.495 e. The van der Waals surface area contributed by atoms with Gasteiger partial charge in [-0.25, -0.2) is 0 Å². The summed E-state index contributed by atoms with van der Waals surface area (Å²) in [4.78, 5) is 13.9. The lowest BCUT2D eigenvalue weighted by molar-refractivity contribution is -0.138. The number of ether oxygens (including phenoxy) is 1. The van der Waals surface area contributed by atoms with Crippen molar-refractivity contribution in [2.24, 2.45) is 5.73 Å². The molecule has 17 heavy (non-hydrogen) atoms. The summed E-state index contributed by atoms with van der Waals surface area (Å²) in [7, 11) is 1.58. The van der Waals surface area contributed by atoms with Gasteiger partial charge in [0.1, 0.15) is 11.8 Å². The van der Waals surface area contributed by atoms with Crippen LogP contribution in [0.15, 0.2) is 18.3 Å². The number of H-pyrrole nitrogens is 1. The fourth-order valence-electron chi connectivity index (χ4n) is 1.91. The van der Waals surface area contributed by atoms with E-state index in [-0.39, 0.29) is 0 Å². The van der Waals surface area contributed by atoms with Crippen molar-refractivity contribution in [3.05, 3.63) is 29.5 Å². The normalized spacial score (nSPS) is 12.6. The van der Waals surface area contributed by atoms with Crippen molar-refractivity contribution in [1.29, 1.82) is 0 Å². The van der Waals surface area contributed by atoms with Gasteiger partial charge in [0.05, 0.1) is 12.6 Å². The minimum atomic E-state index is -1.05. The van der Waals surface area contributed by atoms with E-state index in [1.54, 1.807) is 13.3 Å². The lowest BCUT2D eigenvalue weighted by Gasteiger charge is -2.07. The molecule has 0 saturated heterocycles. The van der Waals surface area contributed by atoms with Gasteiger partial charge in [-0.1, -0.05) is 0 Å². The number of benzene rings is 1. The van der Waals surface area contributed by atoms with Crippen LogP contribution in [0.1, 0.15) is 17.2 Å². The van der Waals surface area contributed by atoms with Crippen LogP contribution in [0.25, 0.3) is 10.9 Å². The first-order valence-corrected chi connectivity index (χ1v) is 5.18. The van der Waals surface area contributed by atoms with Gasteiger partial charge in [-0.2, -0.15) is 0 Å². The van der Waals surface area contributed by atoms with E-state index in [1.165, 1.54) is 0 Å². The van der Waals surface area contributed by atoms with Crippen LogP contribution in [-0.4, -0.2) is 23.2 Å². The smallest absolute Gasteiger partial charge is 0.325 e. The average molecular weight is 234 g/mol. The van der Waals surface area contributed by atoms with Gasteiger partial charge in [-0.15, -0.1) is 0 Å². The third kappa shape index (κ3) is 1.85. The van der Waals surface area contributed by atoms with Crippen LogP contribution in [0.2, 0.25) is 0 Å². The third-order valence-corrected chi connectivity index (χ3v) is 2.75. The summed E-state index contributed by atoms with van der Waals surface area (Å²) in [6.07, 6.45) is 1.62. The molecule has 0 aliphatic rings. The second-order valence-electron chi connectivity index (χ2n) is 3.95. The summed E-state index contributed by atoms with van der Waals surface area (Å²) < 4.78 is 5.24. The van der Waals surface area contributed by atoms with Crippen LogP contribution >= 0.6 is 0 Å². The van der Waals surface area contributed by atoms with Crippen molar-refractivity contribution < 1.29 is 14.6 Å². The number of carboxylic acids is 1. The highest BCUT2D eigenvalue weighted by molar-refractivity contribution is 5.92. The first-order valence-electron chi connectivity index (χ1n) is 5.18. The molecule has 0 bridgehead atoms. The molecule has 5 heteroatoms. The van der Waals surface area contributed by atoms with E-state index in [0.717, 1.165) is 16.5 Å². The van der Waals surface area contributed by atoms with Crippen molar-refractivity contribution in [3.8, 4) is 5.75 Å². The van der Waals surface area contributed by atoms with Crippen LogP contribution in [-0.2, 0) is 4.79 Å². The molecule has 90 valence electrons. The number of aromatic amines is 1. The maximum Gasteiger partial charge on any atom is 0.325 e. The molecule has 1 unspecified atom stereocenters. The number of rotatable bonds is 3. The highest BCUT2D eigenvalue weighted by Gasteiger charge is 2.19. The van der Waals surface area contributed by atoms with Crippen LogP contribution in [0.4, 0.5) is 0 Å². The topological polar surface area (TPSA) is 88.3 Å². The van der Waals surface area contributed by atoms with Crippen molar-refractivity contribution in [2.45, 2.75) is 13.0 Å². The second-order valence-corrected chi connectivity index (χ2v) is 3.95. The van der Waals surface area contributed by atoms with Gasteiger partial charge in [0, 0.05) is 17.1 Å². The summed E-state index contributed by atoms with van der Waals surface area (Å²) in [5.41, 5.74) is 7.96. The van der Waals surface area contributed by atoms with E-state index in [4.69, 9.17) is 15.6 Å². The molecule has 0 saturated carbocycles. The molecule has 0 aliphatic heterocycles. The zero-order valence-electron chi connectivity index (χ0n) is 9.65. The molecule has 0 amide bonds. The molecule has 4 N–H and O–H groups in total. The van der Waals surface area contributed by atoms with E-state index < -0.39 is 12.0 Å². The van der Waals surface area contributed by atoms with E-state index in [9.17, 15) is 4.79 Å². The van der Waals surface area contributed by atoms with Gasteiger partial charge in [0.2, 0.25) is 0 Å². The van der Waals surface area contributed by atoms with Gasteiger partial charge >= 0.3 is 5.97 Å². The molecule has 0 spiro atoms. The number of hydrogen-bond donors (Lipinski definition) is 3. The number of aliphatic carboxylic acids is 1. The van der Waals surface area contributed by atoms with E-state index >= 15 is 0 Å². The van der Waals surface area contributed by atoms with Crippen molar-refractivity contribution in [2.75, 3.05) is 7.11 Å².